The fourth-order valence-electron chi connectivity index (χ4n) is 2.67. The maximum Gasteiger partial charge on any atom is 0.223 e. The van der Waals surface area contributed by atoms with Crippen LogP contribution in [0.25, 0.3) is 0 Å². The van der Waals surface area contributed by atoms with Gasteiger partial charge in [0.25, 0.3) is 0 Å². The lowest BCUT2D eigenvalue weighted by Crippen LogP contribution is -2.43. The summed E-state index contributed by atoms with van der Waals surface area (Å²) in [5, 5.41) is 6.70. The molecule has 3 heteroatoms. The van der Waals surface area contributed by atoms with Crippen molar-refractivity contribution in [3.8, 4) is 0 Å². The highest BCUT2D eigenvalue weighted by molar-refractivity contribution is 5.78. The van der Waals surface area contributed by atoms with E-state index in [1.165, 1.54) is 0 Å². The second-order valence-corrected chi connectivity index (χ2v) is 8.20. The van der Waals surface area contributed by atoms with E-state index in [-0.39, 0.29) is 17.4 Å². The molecule has 0 aromatic heterocycles. The first-order valence-electron chi connectivity index (χ1n) is 7.62. The van der Waals surface area contributed by atoms with Gasteiger partial charge >= 0.3 is 0 Å². The minimum absolute atomic E-state index is 0.141. The lowest BCUT2D eigenvalue weighted by Gasteiger charge is -2.26. The molecule has 2 atom stereocenters. The number of hydrogen-bond donors (Lipinski definition) is 2. The van der Waals surface area contributed by atoms with E-state index in [1.54, 1.807) is 0 Å². The molecule has 112 valence electrons. The van der Waals surface area contributed by atoms with Crippen LogP contribution in [0.3, 0.4) is 0 Å². The molecule has 1 fully saturated rings. The maximum absolute atomic E-state index is 12.1. The number of carbonyl (C=O) groups is 1. The second kappa shape index (κ2) is 6.25. The van der Waals surface area contributed by atoms with Gasteiger partial charge in [-0.05, 0) is 51.9 Å². The van der Waals surface area contributed by atoms with E-state index in [4.69, 9.17) is 0 Å². The van der Waals surface area contributed by atoms with E-state index in [0.717, 1.165) is 32.2 Å². The summed E-state index contributed by atoms with van der Waals surface area (Å²) in [4.78, 5) is 12.1. The average molecular weight is 268 g/mol. The molecule has 0 bridgehead atoms. The molecule has 19 heavy (non-hydrogen) atoms. The molecule has 3 nitrogen and oxygen atoms in total. The summed E-state index contributed by atoms with van der Waals surface area (Å²) in [5.74, 6) is 0.460. The van der Waals surface area contributed by atoms with Crippen LogP contribution in [0.1, 0.15) is 67.2 Å². The van der Waals surface area contributed by atoms with E-state index in [1.807, 2.05) is 0 Å². The molecule has 0 unspecified atom stereocenters. The summed E-state index contributed by atoms with van der Waals surface area (Å²) < 4.78 is 0. The predicted molar refractivity (Wildman–Crippen MR) is 81.1 cm³/mol. The lowest BCUT2D eigenvalue weighted by atomic mass is 9.92. The Morgan fingerprint density at radius 2 is 1.74 bits per heavy atom. The van der Waals surface area contributed by atoms with Crippen molar-refractivity contribution in [2.45, 2.75) is 78.8 Å². The Hall–Kier alpha value is -0.570. The Kier molecular flexibility index (Phi) is 5.43. The fourth-order valence-corrected chi connectivity index (χ4v) is 2.67. The third-order valence-electron chi connectivity index (χ3n) is 3.61. The van der Waals surface area contributed by atoms with Crippen LogP contribution in [-0.2, 0) is 4.79 Å². The van der Waals surface area contributed by atoms with E-state index in [2.05, 4.69) is 52.2 Å². The van der Waals surface area contributed by atoms with Gasteiger partial charge in [-0.3, -0.25) is 4.79 Å². The number of nitrogens with one attached hydrogen (secondary N) is 2. The Labute approximate surface area is 118 Å². The molecule has 0 saturated heterocycles. The standard InChI is InChI=1S/C16H32N2O/c1-15(2,3)9-10-17-14(19)12-7-8-13(11-12)18-16(4,5)6/h12-13,18H,7-11H2,1-6H3,(H,17,19)/t12-,13+/m0/s1. The molecule has 0 radical (unpaired) electrons. The van der Waals surface area contributed by atoms with Crippen LogP contribution in [0.4, 0.5) is 0 Å². The smallest absolute Gasteiger partial charge is 0.223 e. The van der Waals surface area contributed by atoms with Crippen molar-refractivity contribution in [3.05, 3.63) is 0 Å². The third-order valence-corrected chi connectivity index (χ3v) is 3.61. The summed E-state index contributed by atoms with van der Waals surface area (Å²) in [6.45, 7) is 14.0. The minimum atomic E-state index is 0.141. The molecule has 0 spiro atoms. The van der Waals surface area contributed by atoms with Gasteiger partial charge < -0.3 is 10.6 Å². The molecule has 1 aliphatic carbocycles. The van der Waals surface area contributed by atoms with Crippen molar-refractivity contribution in [2.75, 3.05) is 6.54 Å². The molecular formula is C16H32N2O. The van der Waals surface area contributed by atoms with Gasteiger partial charge in [0, 0.05) is 24.0 Å². The van der Waals surface area contributed by atoms with Crippen molar-refractivity contribution in [1.82, 2.24) is 10.6 Å². The molecule has 0 aliphatic heterocycles. The molecular weight excluding hydrogens is 236 g/mol. The molecule has 2 N–H and O–H groups in total. The quantitative estimate of drug-likeness (QED) is 0.822. The molecule has 1 rings (SSSR count). The predicted octanol–water partition coefficient (Wildman–Crippen LogP) is 3.10. The third kappa shape index (κ3) is 6.95. The number of rotatable bonds is 4. The van der Waals surface area contributed by atoms with Gasteiger partial charge in [0.1, 0.15) is 0 Å². The van der Waals surface area contributed by atoms with Gasteiger partial charge in [0.2, 0.25) is 5.91 Å². The van der Waals surface area contributed by atoms with Crippen LogP contribution >= 0.6 is 0 Å². The molecule has 0 aromatic rings. The van der Waals surface area contributed by atoms with Gasteiger partial charge in [-0.1, -0.05) is 20.8 Å². The van der Waals surface area contributed by atoms with E-state index >= 15 is 0 Å². The number of hydrogen-bond acceptors (Lipinski definition) is 2. The van der Waals surface area contributed by atoms with Gasteiger partial charge in [-0.15, -0.1) is 0 Å². The van der Waals surface area contributed by atoms with Crippen LogP contribution in [0.15, 0.2) is 0 Å². The van der Waals surface area contributed by atoms with Crippen LogP contribution in [0.5, 0.6) is 0 Å². The first-order chi connectivity index (χ1) is 8.57. The van der Waals surface area contributed by atoms with E-state index < -0.39 is 0 Å². The summed E-state index contributed by atoms with van der Waals surface area (Å²) in [5.41, 5.74) is 0.432. The van der Waals surface area contributed by atoms with E-state index in [0.29, 0.717) is 11.5 Å². The van der Waals surface area contributed by atoms with Gasteiger partial charge in [-0.2, -0.15) is 0 Å². The first kappa shape index (κ1) is 16.5. The largest absolute Gasteiger partial charge is 0.356 e. The van der Waals surface area contributed by atoms with Crippen molar-refractivity contribution < 1.29 is 4.79 Å². The van der Waals surface area contributed by atoms with Crippen molar-refractivity contribution in [2.24, 2.45) is 11.3 Å². The Morgan fingerprint density at radius 3 is 2.26 bits per heavy atom. The highest BCUT2D eigenvalue weighted by Gasteiger charge is 2.31. The van der Waals surface area contributed by atoms with Crippen LogP contribution in [0, 0.1) is 11.3 Å². The summed E-state index contributed by atoms with van der Waals surface area (Å²) in [6.07, 6.45) is 4.16. The highest BCUT2D eigenvalue weighted by atomic mass is 16.1. The fraction of sp³-hybridized carbons (Fsp3) is 0.938. The zero-order chi connectivity index (χ0) is 14.7. The Balaban J connectivity index is 2.28. The zero-order valence-corrected chi connectivity index (χ0v) is 13.6. The van der Waals surface area contributed by atoms with Gasteiger partial charge in [0.15, 0.2) is 0 Å². The maximum atomic E-state index is 12.1. The van der Waals surface area contributed by atoms with Crippen LogP contribution in [0.2, 0.25) is 0 Å². The highest BCUT2D eigenvalue weighted by Crippen LogP contribution is 2.27. The summed E-state index contributed by atoms with van der Waals surface area (Å²) in [7, 11) is 0. The van der Waals surface area contributed by atoms with Crippen molar-refractivity contribution >= 4 is 5.91 Å². The Bertz CT molecular complexity index is 299. The minimum Gasteiger partial charge on any atom is -0.356 e. The summed E-state index contributed by atoms with van der Waals surface area (Å²) >= 11 is 0. The lowest BCUT2D eigenvalue weighted by molar-refractivity contribution is -0.124. The van der Waals surface area contributed by atoms with Crippen LogP contribution in [-0.4, -0.2) is 24.0 Å². The molecule has 1 amide bonds. The normalized spacial score (nSPS) is 24.5. The topological polar surface area (TPSA) is 41.1 Å². The van der Waals surface area contributed by atoms with Crippen molar-refractivity contribution in [3.63, 3.8) is 0 Å². The zero-order valence-electron chi connectivity index (χ0n) is 13.6. The number of carbonyl (C=O) groups excluding carboxylic acids is 1. The molecule has 0 heterocycles. The van der Waals surface area contributed by atoms with Gasteiger partial charge in [0.05, 0.1) is 0 Å². The summed E-state index contributed by atoms with van der Waals surface area (Å²) in [6, 6.07) is 0.498. The second-order valence-electron chi connectivity index (χ2n) is 8.20. The van der Waals surface area contributed by atoms with E-state index in [9.17, 15) is 4.79 Å². The van der Waals surface area contributed by atoms with Crippen LogP contribution < -0.4 is 10.6 Å². The first-order valence-corrected chi connectivity index (χ1v) is 7.62. The molecule has 1 aliphatic rings. The number of amides is 1. The average Bonchev–Trinajstić information content (AvgIpc) is 2.61. The molecule has 0 aromatic carbocycles. The molecule has 1 saturated carbocycles. The monoisotopic (exact) mass is 268 g/mol. The SMILES string of the molecule is CC(C)(C)CCNC(=O)[C@H]1CC[C@@H](NC(C)(C)C)C1. The van der Waals surface area contributed by atoms with Crippen molar-refractivity contribution in [1.29, 1.82) is 0 Å². The van der Waals surface area contributed by atoms with Gasteiger partial charge in [-0.25, -0.2) is 0 Å². The Morgan fingerprint density at radius 1 is 1.11 bits per heavy atom.